The Bertz CT molecular complexity index is 1350. The first-order chi connectivity index (χ1) is 19.0. The minimum atomic E-state index is -1.17. The molecule has 0 saturated heterocycles. The molecule has 0 bridgehead atoms. The maximum Gasteiger partial charge on any atom is 0.326 e. The maximum absolute atomic E-state index is 12.9. The van der Waals surface area contributed by atoms with Gasteiger partial charge in [-0.2, -0.15) is 0 Å². The second-order valence-corrected chi connectivity index (χ2v) is 8.96. The standard InChI is InChI=1S/C32H31NO6/c1-37-30(26-15-9-4-10-16-26)31(34)33-27(32(35)36)19-25-17-18-28(38-21-23-11-5-2-6-12-23)29(20-25)39-22-24-13-7-3-8-14-24/h2-18,20,27,30H,19,21-22H2,1H3,(H,33,34)(H,35,36)/t27-,30-/m1/s1. The van der Waals surface area contributed by atoms with E-state index >= 15 is 0 Å². The highest BCUT2D eigenvalue weighted by Gasteiger charge is 2.27. The molecule has 0 aromatic heterocycles. The molecular formula is C32H31NO6. The van der Waals surface area contributed by atoms with Crippen molar-refractivity contribution >= 4 is 11.9 Å². The molecule has 1 amide bonds. The Morgan fingerprint density at radius 2 is 1.26 bits per heavy atom. The molecule has 0 heterocycles. The van der Waals surface area contributed by atoms with Crippen LogP contribution in [0.25, 0.3) is 0 Å². The van der Waals surface area contributed by atoms with Crippen molar-refractivity contribution in [2.24, 2.45) is 0 Å². The minimum Gasteiger partial charge on any atom is -0.485 e. The molecule has 4 rings (SSSR count). The van der Waals surface area contributed by atoms with Crippen LogP contribution in [0.2, 0.25) is 0 Å². The SMILES string of the molecule is CO[C@@H](C(=O)N[C@H](Cc1ccc(OCc2ccccc2)c(OCc2ccccc2)c1)C(=O)O)c1ccccc1. The molecule has 7 nitrogen and oxygen atoms in total. The van der Waals surface area contributed by atoms with Crippen LogP contribution in [-0.2, 0) is 34.0 Å². The highest BCUT2D eigenvalue weighted by Crippen LogP contribution is 2.31. The molecule has 7 heteroatoms. The Hall–Kier alpha value is -4.62. The summed E-state index contributed by atoms with van der Waals surface area (Å²) in [7, 11) is 1.41. The van der Waals surface area contributed by atoms with E-state index in [1.54, 1.807) is 42.5 Å². The van der Waals surface area contributed by atoms with Crippen LogP contribution >= 0.6 is 0 Å². The van der Waals surface area contributed by atoms with E-state index in [-0.39, 0.29) is 6.42 Å². The molecule has 39 heavy (non-hydrogen) atoms. The quantitative estimate of drug-likeness (QED) is 0.245. The van der Waals surface area contributed by atoms with E-state index in [0.717, 1.165) is 11.1 Å². The van der Waals surface area contributed by atoms with Gasteiger partial charge >= 0.3 is 5.97 Å². The summed E-state index contributed by atoms with van der Waals surface area (Å²) in [6, 6.07) is 32.6. The molecular weight excluding hydrogens is 494 g/mol. The van der Waals surface area contributed by atoms with Crippen LogP contribution in [0.15, 0.2) is 109 Å². The van der Waals surface area contributed by atoms with E-state index in [1.807, 2.05) is 66.7 Å². The number of carboxylic acid groups (broad SMARTS) is 1. The third kappa shape index (κ3) is 7.93. The van der Waals surface area contributed by atoms with Crippen molar-refractivity contribution in [1.82, 2.24) is 5.32 Å². The first kappa shape index (κ1) is 27.4. The fourth-order valence-corrected chi connectivity index (χ4v) is 4.09. The van der Waals surface area contributed by atoms with Gasteiger partial charge in [0, 0.05) is 13.5 Å². The van der Waals surface area contributed by atoms with Crippen molar-refractivity contribution in [2.75, 3.05) is 7.11 Å². The summed E-state index contributed by atoms with van der Waals surface area (Å²) in [6.45, 7) is 0.672. The van der Waals surface area contributed by atoms with E-state index in [2.05, 4.69) is 5.32 Å². The Balaban J connectivity index is 1.51. The molecule has 0 spiro atoms. The monoisotopic (exact) mass is 525 g/mol. The fourth-order valence-electron chi connectivity index (χ4n) is 4.09. The summed E-state index contributed by atoms with van der Waals surface area (Å²) in [5.74, 6) is -0.651. The lowest BCUT2D eigenvalue weighted by Gasteiger charge is -2.20. The lowest BCUT2D eigenvalue weighted by atomic mass is 10.0. The van der Waals surface area contributed by atoms with Crippen molar-refractivity contribution in [3.8, 4) is 11.5 Å². The molecule has 4 aromatic rings. The Labute approximate surface area is 228 Å². The average Bonchev–Trinajstić information content (AvgIpc) is 2.97. The summed E-state index contributed by atoms with van der Waals surface area (Å²) in [5.41, 5.74) is 3.30. The normalized spacial score (nSPS) is 12.2. The van der Waals surface area contributed by atoms with Crippen molar-refractivity contribution in [1.29, 1.82) is 0 Å². The third-order valence-corrected chi connectivity index (χ3v) is 6.11. The van der Waals surface area contributed by atoms with Crippen LogP contribution in [0.1, 0.15) is 28.4 Å². The van der Waals surface area contributed by atoms with Gasteiger partial charge in [-0.15, -0.1) is 0 Å². The number of hydrogen-bond acceptors (Lipinski definition) is 5. The molecule has 0 aliphatic rings. The van der Waals surface area contributed by atoms with Crippen molar-refractivity contribution in [3.63, 3.8) is 0 Å². The molecule has 4 aromatic carbocycles. The number of hydrogen-bond donors (Lipinski definition) is 2. The second kappa shape index (κ2) is 13.8. The number of aliphatic carboxylic acids is 1. The van der Waals surface area contributed by atoms with E-state index < -0.39 is 24.0 Å². The van der Waals surface area contributed by atoms with Crippen LogP contribution < -0.4 is 14.8 Å². The van der Waals surface area contributed by atoms with E-state index in [0.29, 0.717) is 35.8 Å². The first-order valence-corrected chi connectivity index (χ1v) is 12.6. The molecule has 0 saturated carbocycles. The minimum absolute atomic E-state index is 0.0486. The van der Waals surface area contributed by atoms with E-state index in [1.165, 1.54) is 7.11 Å². The van der Waals surface area contributed by atoms with E-state index in [9.17, 15) is 14.7 Å². The van der Waals surface area contributed by atoms with Gasteiger partial charge in [-0.05, 0) is 34.4 Å². The van der Waals surface area contributed by atoms with Crippen LogP contribution in [0, 0.1) is 0 Å². The van der Waals surface area contributed by atoms with E-state index in [4.69, 9.17) is 14.2 Å². The predicted octanol–water partition coefficient (Wildman–Crippen LogP) is 5.34. The first-order valence-electron chi connectivity index (χ1n) is 12.6. The number of carbonyl (C=O) groups excluding carboxylic acids is 1. The molecule has 0 aliphatic carbocycles. The van der Waals surface area contributed by atoms with Crippen LogP contribution in [0.3, 0.4) is 0 Å². The molecule has 0 radical (unpaired) electrons. The summed E-state index contributed by atoms with van der Waals surface area (Å²) in [5, 5.41) is 12.5. The lowest BCUT2D eigenvalue weighted by Crippen LogP contribution is -2.44. The molecule has 200 valence electrons. The zero-order valence-electron chi connectivity index (χ0n) is 21.7. The van der Waals surface area contributed by atoms with Crippen molar-refractivity contribution < 1.29 is 28.9 Å². The molecule has 0 aliphatic heterocycles. The fraction of sp³-hybridized carbons (Fsp3) is 0.188. The molecule has 2 atom stereocenters. The summed E-state index contributed by atoms with van der Waals surface area (Å²) in [6.07, 6.45) is -0.876. The van der Waals surface area contributed by atoms with Crippen LogP contribution in [0.5, 0.6) is 11.5 Å². The molecule has 2 N–H and O–H groups in total. The smallest absolute Gasteiger partial charge is 0.326 e. The van der Waals surface area contributed by atoms with Gasteiger partial charge < -0.3 is 24.6 Å². The Kier molecular flexibility index (Phi) is 9.69. The van der Waals surface area contributed by atoms with Crippen molar-refractivity contribution in [2.45, 2.75) is 31.8 Å². The predicted molar refractivity (Wildman–Crippen MR) is 147 cm³/mol. The Morgan fingerprint density at radius 3 is 1.79 bits per heavy atom. The number of carbonyl (C=O) groups is 2. The summed E-state index contributed by atoms with van der Waals surface area (Å²) in [4.78, 5) is 25.0. The number of amides is 1. The highest BCUT2D eigenvalue weighted by atomic mass is 16.5. The number of nitrogens with one attached hydrogen (secondary N) is 1. The van der Waals surface area contributed by atoms with Crippen LogP contribution in [-0.4, -0.2) is 30.1 Å². The Morgan fingerprint density at radius 1 is 0.718 bits per heavy atom. The third-order valence-electron chi connectivity index (χ3n) is 6.11. The zero-order chi connectivity index (χ0) is 27.5. The number of benzene rings is 4. The van der Waals surface area contributed by atoms with Gasteiger partial charge in [-0.3, -0.25) is 4.79 Å². The maximum atomic E-state index is 12.9. The van der Waals surface area contributed by atoms with Gasteiger partial charge in [0.05, 0.1) is 0 Å². The number of methoxy groups -OCH3 is 1. The number of ether oxygens (including phenoxy) is 3. The van der Waals surface area contributed by atoms with Crippen molar-refractivity contribution in [3.05, 3.63) is 131 Å². The van der Waals surface area contributed by atoms with Gasteiger partial charge in [0.2, 0.25) is 0 Å². The van der Waals surface area contributed by atoms with Gasteiger partial charge in [0.1, 0.15) is 19.3 Å². The topological polar surface area (TPSA) is 94.1 Å². The van der Waals surface area contributed by atoms with Gasteiger partial charge in [-0.1, -0.05) is 97.1 Å². The largest absolute Gasteiger partial charge is 0.485 e. The van der Waals surface area contributed by atoms with Gasteiger partial charge in [-0.25, -0.2) is 4.79 Å². The molecule has 0 fully saturated rings. The van der Waals surface area contributed by atoms with Crippen LogP contribution in [0.4, 0.5) is 0 Å². The summed E-state index contributed by atoms with van der Waals surface area (Å²) < 4.78 is 17.5. The lowest BCUT2D eigenvalue weighted by molar-refractivity contribution is -0.144. The number of carboxylic acids is 1. The average molecular weight is 526 g/mol. The molecule has 0 unspecified atom stereocenters. The highest BCUT2D eigenvalue weighted by molar-refractivity contribution is 5.87. The number of rotatable bonds is 13. The van der Waals surface area contributed by atoms with Gasteiger partial charge in [0.15, 0.2) is 17.6 Å². The second-order valence-electron chi connectivity index (χ2n) is 8.96. The zero-order valence-corrected chi connectivity index (χ0v) is 21.7. The summed E-state index contributed by atoms with van der Waals surface area (Å²) >= 11 is 0. The van der Waals surface area contributed by atoms with Gasteiger partial charge in [0.25, 0.3) is 5.91 Å².